The van der Waals surface area contributed by atoms with Crippen molar-refractivity contribution in [2.24, 2.45) is 0 Å². The van der Waals surface area contributed by atoms with Crippen molar-refractivity contribution in [3.8, 4) is 0 Å². The van der Waals surface area contributed by atoms with Gasteiger partial charge in [-0.2, -0.15) is 0 Å². The molecule has 0 atom stereocenters. The molecule has 6 heavy (non-hydrogen) atoms. The summed E-state index contributed by atoms with van der Waals surface area (Å²) in [6, 6.07) is 0. The Hall–Kier alpha value is 0.320. The zero-order chi connectivity index (χ0) is 4.99. The van der Waals surface area contributed by atoms with E-state index >= 15 is 0 Å². The topological polar surface area (TPSA) is 0 Å². The third-order valence-corrected chi connectivity index (χ3v) is 1.19. The van der Waals surface area contributed by atoms with Crippen LogP contribution < -0.4 is 0 Å². The second kappa shape index (κ2) is 3.51. The molecule has 0 aromatic heterocycles. The molecule has 0 unspecified atom stereocenters. The van der Waals surface area contributed by atoms with Crippen LogP contribution in [0, 0.1) is 0 Å². The van der Waals surface area contributed by atoms with Crippen molar-refractivity contribution in [1.82, 2.24) is 0 Å². The van der Waals surface area contributed by atoms with Gasteiger partial charge >= 0.3 is 0 Å². The first-order valence-electron chi connectivity index (χ1n) is 1.63. The van der Waals surface area contributed by atoms with Crippen LogP contribution in [-0.2, 0) is 0 Å². The van der Waals surface area contributed by atoms with Gasteiger partial charge in [0.25, 0.3) is 0 Å². The van der Waals surface area contributed by atoms with Gasteiger partial charge in [0.05, 0.1) is 0 Å². The lowest BCUT2D eigenvalue weighted by Crippen LogP contribution is -1.68. The molecule has 0 radical (unpaired) electrons. The van der Waals surface area contributed by atoms with Crippen molar-refractivity contribution in [2.45, 2.75) is 6.92 Å². The molecule has 36 valence electrons. The van der Waals surface area contributed by atoms with Gasteiger partial charge in [0.15, 0.2) is 0 Å². The summed E-state index contributed by atoms with van der Waals surface area (Å²) in [4.78, 5) is 0. The monoisotopic (exact) mass is 124 g/mol. The minimum absolute atomic E-state index is 0.531. The highest BCUT2D eigenvalue weighted by molar-refractivity contribution is 6.27. The summed E-state index contributed by atoms with van der Waals surface area (Å²) in [5.41, 5.74) is 2.48. The Kier molecular flexibility index (Phi) is 3.70. The van der Waals surface area contributed by atoms with Gasteiger partial charge in [-0.15, -0.1) is 11.6 Å². The van der Waals surface area contributed by atoms with Gasteiger partial charge in [0.2, 0.25) is 0 Å². The van der Waals surface area contributed by atoms with E-state index in [1.807, 2.05) is 6.92 Å². The number of rotatable bonds is 1. The van der Waals surface area contributed by atoms with Crippen molar-refractivity contribution in [2.75, 3.05) is 5.88 Å². The molecular formula is C4H6Cl2. The SMILES string of the molecule is C/C(=C/Cl)CCl. The minimum atomic E-state index is 0.531. The molecule has 0 aliphatic carbocycles. The Labute approximate surface area is 47.8 Å². The quantitative estimate of drug-likeness (QED) is 0.472. The Morgan fingerprint density at radius 1 is 1.83 bits per heavy atom. The molecule has 0 bridgehead atoms. The van der Waals surface area contributed by atoms with Gasteiger partial charge < -0.3 is 0 Å². The molecule has 0 aliphatic heterocycles. The summed E-state index contributed by atoms with van der Waals surface area (Å²) in [6.07, 6.45) is 0. The number of alkyl halides is 1. The second-order valence-electron chi connectivity index (χ2n) is 1.09. The van der Waals surface area contributed by atoms with E-state index in [9.17, 15) is 0 Å². The molecule has 0 heterocycles. The maximum Gasteiger partial charge on any atom is 0.0442 e. The highest BCUT2D eigenvalue weighted by Gasteiger charge is 1.76. The van der Waals surface area contributed by atoms with Gasteiger partial charge in [-0.1, -0.05) is 11.6 Å². The molecular weight excluding hydrogens is 119 g/mol. The third-order valence-electron chi connectivity index (χ3n) is 0.397. The zero-order valence-electron chi connectivity index (χ0n) is 3.54. The summed E-state index contributed by atoms with van der Waals surface area (Å²) in [5.74, 6) is 0.531. The van der Waals surface area contributed by atoms with Crippen LogP contribution in [0.25, 0.3) is 0 Å². The number of halogens is 2. The normalized spacial score (nSPS) is 12.2. The summed E-state index contributed by atoms with van der Waals surface area (Å²) in [6.45, 7) is 1.88. The van der Waals surface area contributed by atoms with Crippen molar-refractivity contribution in [3.05, 3.63) is 11.1 Å². The zero-order valence-corrected chi connectivity index (χ0v) is 5.05. The first kappa shape index (κ1) is 6.32. The lowest BCUT2D eigenvalue weighted by atomic mass is 10.4. The lowest BCUT2D eigenvalue weighted by molar-refractivity contribution is 1.42. The molecule has 0 nitrogen and oxygen atoms in total. The van der Waals surface area contributed by atoms with Crippen molar-refractivity contribution in [1.29, 1.82) is 0 Å². The van der Waals surface area contributed by atoms with Crippen LogP contribution in [0.3, 0.4) is 0 Å². The maximum absolute atomic E-state index is 5.30. The van der Waals surface area contributed by atoms with Crippen molar-refractivity contribution >= 4 is 23.2 Å². The fraction of sp³-hybridized carbons (Fsp3) is 0.500. The Bertz CT molecular complexity index is 56.6. The van der Waals surface area contributed by atoms with Crippen LogP contribution in [0.15, 0.2) is 11.1 Å². The Balaban J connectivity index is 3.22. The fourth-order valence-electron chi connectivity index (χ4n) is 0.0292. The van der Waals surface area contributed by atoms with Crippen molar-refractivity contribution < 1.29 is 0 Å². The molecule has 0 aliphatic rings. The minimum Gasteiger partial charge on any atom is -0.122 e. The van der Waals surface area contributed by atoms with Gasteiger partial charge in [-0.25, -0.2) is 0 Å². The fourth-order valence-corrected chi connectivity index (χ4v) is 0.262. The molecule has 0 amide bonds. The van der Waals surface area contributed by atoms with Crippen LogP contribution in [0.5, 0.6) is 0 Å². The van der Waals surface area contributed by atoms with E-state index in [-0.39, 0.29) is 0 Å². The van der Waals surface area contributed by atoms with Gasteiger partial charge in [-0.3, -0.25) is 0 Å². The molecule has 0 rings (SSSR count). The van der Waals surface area contributed by atoms with Crippen LogP contribution in [0.2, 0.25) is 0 Å². The van der Waals surface area contributed by atoms with E-state index in [0.717, 1.165) is 5.57 Å². The van der Waals surface area contributed by atoms with Crippen LogP contribution >= 0.6 is 23.2 Å². The maximum atomic E-state index is 5.30. The van der Waals surface area contributed by atoms with E-state index in [1.165, 1.54) is 5.54 Å². The summed E-state index contributed by atoms with van der Waals surface area (Å²) in [7, 11) is 0. The highest BCUT2D eigenvalue weighted by Crippen LogP contribution is 1.95. The van der Waals surface area contributed by atoms with E-state index < -0.39 is 0 Å². The number of allylic oxidation sites excluding steroid dienone is 1. The first-order valence-corrected chi connectivity index (χ1v) is 2.60. The average Bonchev–Trinajstić information content (AvgIpc) is 1.65. The van der Waals surface area contributed by atoms with Crippen LogP contribution in [0.1, 0.15) is 6.92 Å². The van der Waals surface area contributed by atoms with E-state index in [0.29, 0.717) is 5.88 Å². The van der Waals surface area contributed by atoms with Crippen LogP contribution in [0.4, 0.5) is 0 Å². The molecule has 0 aromatic carbocycles. The molecule has 0 fully saturated rings. The Morgan fingerprint density at radius 2 is 2.33 bits per heavy atom. The molecule has 0 N–H and O–H groups in total. The largest absolute Gasteiger partial charge is 0.122 e. The Morgan fingerprint density at radius 3 is 2.33 bits per heavy atom. The van der Waals surface area contributed by atoms with E-state index in [4.69, 9.17) is 23.2 Å². The van der Waals surface area contributed by atoms with Crippen molar-refractivity contribution in [3.63, 3.8) is 0 Å². The smallest absolute Gasteiger partial charge is 0.0442 e. The lowest BCUT2D eigenvalue weighted by Gasteiger charge is -1.81. The van der Waals surface area contributed by atoms with E-state index in [1.54, 1.807) is 0 Å². The third kappa shape index (κ3) is 2.55. The standard InChI is InChI=1S/C4H6Cl2/c1-4(2-5)3-6/h2H,3H2,1H3/b4-2-. The molecule has 0 spiro atoms. The van der Waals surface area contributed by atoms with Gasteiger partial charge in [-0.05, 0) is 12.5 Å². The van der Waals surface area contributed by atoms with Gasteiger partial charge in [0, 0.05) is 11.4 Å². The predicted octanol–water partition coefficient (Wildman–Crippen LogP) is 2.37. The number of hydrogen-bond donors (Lipinski definition) is 0. The summed E-state index contributed by atoms with van der Waals surface area (Å²) >= 11 is 10.5. The second-order valence-corrected chi connectivity index (χ2v) is 1.57. The van der Waals surface area contributed by atoms with E-state index in [2.05, 4.69) is 0 Å². The summed E-state index contributed by atoms with van der Waals surface area (Å²) < 4.78 is 0. The number of hydrogen-bond acceptors (Lipinski definition) is 0. The first-order chi connectivity index (χ1) is 2.81. The van der Waals surface area contributed by atoms with Gasteiger partial charge in [0.1, 0.15) is 0 Å². The molecule has 2 heteroatoms. The molecule has 0 saturated heterocycles. The predicted molar refractivity (Wildman–Crippen MR) is 30.3 cm³/mol. The summed E-state index contributed by atoms with van der Waals surface area (Å²) in [5, 5.41) is 0. The van der Waals surface area contributed by atoms with Crippen LogP contribution in [-0.4, -0.2) is 5.88 Å². The molecule has 0 saturated carbocycles. The molecule has 0 aromatic rings. The highest BCUT2D eigenvalue weighted by atomic mass is 35.5. The average molecular weight is 125 g/mol.